The second kappa shape index (κ2) is 7.53. The summed E-state index contributed by atoms with van der Waals surface area (Å²) in [4.78, 5) is 25.3. The Morgan fingerprint density at radius 3 is 2.28 bits per heavy atom. The van der Waals surface area contributed by atoms with E-state index >= 15 is 0 Å². The van der Waals surface area contributed by atoms with Gasteiger partial charge < -0.3 is 9.64 Å². The van der Waals surface area contributed by atoms with Crippen molar-refractivity contribution >= 4 is 62.2 Å². The van der Waals surface area contributed by atoms with E-state index in [1.165, 1.54) is 30.3 Å². The van der Waals surface area contributed by atoms with E-state index in [0.29, 0.717) is 0 Å². The molecule has 1 aliphatic heterocycles. The highest BCUT2D eigenvalue weighted by molar-refractivity contribution is 7.94. The van der Waals surface area contributed by atoms with Gasteiger partial charge in [0.25, 0.3) is 9.70 Å². The third-order valence-corrected chi connectivity index (χ3v) is 5.22. The number of nitrogens with zero attached hydrogens (tertiary/aromatic N) is 1. The average molecular weight is 427 g/mol. The molecule has 10 heteroatoms. The Bertz CT molecular complexity index is 799. The molecule has 0 saturated heterocycles. The molecule has 0 aliphatic carbocycles. The number of halogens is 3. The number of anilines is 1. The van der Waals surface area contributed by atoms with Crippen LogP contribution in [0.4, 0.5) is 5.69 Å². The summed E-state index contributed by atoms with van der Waals surface area (Å²) in [6, 6.07) is 4.98. The fourth-order valence-electron chi connectivity index (χ4n) is 2.29. The van der Waals surface area contributed by atoms with E-state index in [-0.39, 0.29) is 23.6 Å². The van der Waals surface area contributed by atoms with Gasteiger partial charge in [-0.3, -0.25) is 4.79 Å². The Kier molecular flexibility index (Phi) is 6.04. The summed E-state index contributed by atoms with van der Waals surface area (Å²) in [5, 5.41) is 1.02. The van der Waals surface area contributed by atoms with Crippen LogP contribution in [0.3, 0.4) is 0 Å². The van der Waals surface area contributed by atoms with Crippen molar-refractivity contribution < 1.29 is 22.7 Å². The van der Waals surface area contributed by atoms with Crippen LogP contribution >= 0.6 is 34.8 Å². The van der Waals surface area contributed by atoms with Crippen molar-refractivity contribution in [2.75, 3.05) is 17.3 Å². The average Bonchev–Trinajstić information content (AvgIpc) is 2.87. The highest BCUT2D eigenvalue weighted by atomic mass is 35.6. The summed E-state index contributed by atoms with van der Waals surface area (Å²) in [6.07, 6.45) is 1.35. The molecule has 1 unspecified atom stereocenters. The van der Waals surface area contributed by atoms with Crippen LogP contribution in [0.25, 0.3) is 0 Å². The van der Waals surface area contributed by atoms with Crippen LogP contribution in [0.15, 0.2) is 35.7 Å². The number of amides is 1. The first-order chi connectivity index (χ1) is 11.5. The van der Waals surface area contributed by atoms with E-state index in [0.717, 1.165) is 10.3 Å². The number of alkyl halides is 3. The molecule has 1 atom stereocenters. The summed E-state index contributed by atoms with van der Waals surface area (Å²) < 4.78 is 26.0. The molecule has 1 aromatic rings. The van der Waals surface area contributed by atoms with Crippen LogP contribution in [0.1, 0.15) is 17.3 Å². The summed E-state index contributed by atoms with van der Waals surface area (Å²) in [6.45, 7) is 1.91. The Morgan fingerprint density at radius 2 is 1.84 bits per heavy atom. The zero-order chi connectivity index (χ0) is 18.8. The molecular formula is C15H14Cl3NO5S. The van der Waals surface area contributed by atoms with Crippen molar-refractivity contribution in [2.45, 2.75) is 16.8 Å². The monoisotopic (exact) mass is 425 g/mol. The Hall–Kier alpha value is -1.28. The van der Waals surface area contributed by atoms with E-state index in [4.69, 9.17) is 39.5 Å². The maximum atomic E-state index is 12.5. The first kappa shape index (κ1) is 20.0. The number of benzene rings is 1. The molecule has 136 valence electrons. The van der Waals surface area contributed by atoms with Gasteiger partial charge in [0.2, 0.25) is 0 Å². The summed E-state index contributed by atoms with van der Waals surface area (Å²) in [5.74, 6) is -1.73. The van der Waals surface area contributed by atoms with Crippen molar-refractivity contribution in [2.24, 2.45) is 0 Å². The maximum absolute atomic E-state index is 12.5. The molecule has 1 heterocycles. The first-order valence-electron chi connectivity index (χ1n) is 7.13. The molecule has 0 saturated carbocycles. The van der Waals surface area contributed by atoms with Gasteiger partial charge in [-0.2, -0.15) is 0 Å². The van der Waals surface area contributed by atoms with Gasteiger partial charge in [0.15, 0.2) is 9.84 Å². The molecule has 1 amide bonds. The minimum atomic E-state index is -3.43. The Balaban J connectivity index is 2.38. The number of sulfone groups is 1. The Labute approximate surface area is 160 Å². The highest BCUT2D eigenvalue weighted by Crippen LogP contribution is 2.33. The van der Waals surface area contributed by atoms with Crippen LogP contribution in [-0.2, 0) is 19.4 Å². The lowest BCUT2D eigenvalue weighted by Gasteiger charge is -2.30. The van der Waals surface area contributed by atoms with E-state index in [1.807, 2.05) is 0 Å². The smallest absolute Gasteiger partial charge is 0.338 e. The third-order valence-electron chi connectivity index (χ3n) is 3.36. The van der Waals surface area contributed by atoms with Crippen molar-refractivity contribution in [1.29, 1.82) is 0 Å². The molecule has 0 radical (unpaired) electrons. The molecule has 2 rings (SSSR count). The molecule has 0 N–H and O–H groups in total. The van der Waals surface area contributed by atoms with E-state index in [2.05, 4.69) is 0 Å². The molecule has 25 heavy (non-hydrogen) atoms. The van der Waals surface area contributed by atoms with Crippen molar-refractivity contribution in [1.82, 2.24) is 0 Å². The number of esters is 1. The zero-order valence-corrected chi connectivity index (χ0v) is 16.1. The standard InChI is InChI=1S/C15H14Cl3NO5S/c1-2-24-13(20)10-3-5-11(6-4-10)19(14(21)15(16,17)18)12-7-8-25(22,23)9-12/h3-8,12H,2,9H2,1H3. The van der Waals surface area contributed by atoms with Gasteiger partial charge in [0.1, 0.15) is 0 Å². The second-order valence-electron chi connectivity index (χ2n) is 5.17. The first-order valence-corrected chi connectivity index (χ1v) is 9.98. The molecule has 6 nitrogen and oxygen atoms in total. The quantitative estimate of drug-likeness (QED) is 0.546. The predicted octanol–water partition coefficient (Wildman–Crippen LogP) is 2.88. The van der Waals surface area contributed by atoms with Crippen LogP contribution in [-0.4, -0.2) is 42.5 Å². The molecular weight excluding hydrogens is 413 g/mol. The molecule has 0 aromatic heterocycles. The number of carbonyl (C=O) groups is 2. The van der Waals surface area contributed by atoms with Crippen molar-refractivity contribution in [3.63, 3.8) is 0 Å². The number of hydrogen-bond donors (Lipinski definition) is 0. The van der Waals surface area contributed by atoms with Crippen LogP contribution in [0, 0.1) is 0 Å². The maximum Gasteiger partial charge on any atom is 0.338 e. The van der Waals surface area contributed by atoms with Gasteiger partial charge in [0.05, 0.1) is 24.0 Å². The van der Waals surface area contributed by atoms with Crippen molar-refractivity contribution in [3.05, 3.63) is 41.3 Å². The summed E-state index contributed by atoms with van der Waals surface area (Å²) in [5.41, 5.74) is 0.567. The number of ether oxygens (including phenoxy) is 1. The van der Waals surface area contributed by atoms with E-state index < -0.39 is 31.5 Å². The lowest BCUT2D eigenvalue weighted by atomic mass is 10.1. The van der Waals surface area contributed by atoms with Crippen LogP contribution in [0.2, 0.25) is 0 Å². The minimum Gasteiger partial charge on any atom is -0.462 e. The third kappa shape index (κ3) is 4.88. The van der Waals surface area contributed by atoms with Gasteiger partial charge in [-0.05, 0) is 37.3 Å². The van der Waals surface area contributed by atoms with Crippen LogP contribution < -0.4 is 4.90 Å². The summed E-state index contributed by atoms with van der Waals surface area (Å²) >= 11 is 17.1. The second-order valence-corrected chi connectivity index (χ2v) is 9.38. The highest BCUT2D eigenvalue weighted by Gasteiger charge is 2.41. The van der Waals surface area contributed by atoms with Gasteiger partial charge in [0, 0.05) is 11.1 Å². The van der Waals surface area contributed by atoms with E-state index in [1.54, 1.807) is 6.92 Å². The molecule has 1 aromatic carbocycles. The number of hydrogen-bond acceptors (Lipinski definition) is 5. The molecule has 0 spiro atoms. The fraction of sp³-hybridized carbons (Fsp3) is 0.333. The largest absolute Gasteiger partial charge is 0.462 e. The molecule has 1 aliphatic rings. The predicted molar refractivity (Wildman–Crippen MR) is 96.9 cm³/mol. The molecule has 0 bridgehead atoms. The van der Waals surface area contributed by atoms with Gasteiger partial charge in [-0.15, -0.1) is 0 Å². The van der Waals surface area contributed by atoms with Crippen LogP contribution in [0.5, 0.6) is 0 Å². The zero-order valence-electron chi connectivity index (χ0n) is 13.0. The summed E-state index contributed by atoms with van der Waals surface area (Å²) in [7, 11) is -3.43. The number of carbonyl (C=O) groups excluding carboxylic acids is 2. The van der Waals surface area contributed by atoms with Crippen molar-refractivity contribution in [3.8, 4) is 0 Å². The normalized spacial score (nSPS) is 18.8. The van der Waals surface area contributed by atoms with E-state index in [9.17, 15) is 18.0 Å². The SMILES string of the molecule is CCOC(=O)c1ccc(N(C(=O)C(Cl)(Cl)Cl)C2C=CS(=O)(=O)C2)cc1. The minimum absolute atomic E-state index is 0.225. The lowest BCUT2D eigenvalue weighted by molar-refractivity contribution is -0.118. The van der Waals surface area contributed by atoms with Gasteiger partial charge in [-0.25, -0.2) is 13.2 Å². The molecule has 0 fully saturated rings. The Morgan fingerprint density at radius 1 is 1.24 bits per heavy atom. The lowest BCUT2D eigenvalue weighted by Crippen LogP contribution is -2.46. The number of rotatable bonds is 4. The van der Waals surface area contributed by atoms with Gasteiger partial charge in [-0.1, -0.05) is 34.8 Å². The fourth-order valence-corrected chi connectivity index (χ4v) is 3.83. The van der Waals surface area contributed by atoms with Gasteiger partial charge >= 0.3 is 5.97 Å². The topological polar surface area (TPSA) is 80.8 Å².